The zero-order valence-corrected chi connectivity index (χ0v) is 23.2. The number of benzene rings is 5. The molecule has 0 spiro atoms. The summed E-state index contributed by atoms with van der Waals surface area (Å²) in [6, 6.07) is 32.2. The van der Waals surface area contributed by atoms with Crippen molar-refractivity contribution in [1.82, 2.24) is 0 Å². The van der Waals surface area contributed by atoms with Crippen LogP contribution in [0.4, 0.5) is 0 Å². The number of hydrogen-bond donors (Lipinski definition) is 1. The Morgan fingerprint density at radius 1 is 0.718 bits per heavy atom. The molecule has 0 unspecified atom stereocenters. The second-order valence-corrected chi connectivity index (χ2v) is 12.3. The molecule has 2 aromatic heterocycles. The topological polar surface area (TPSA) is 42.6 Å². The SMILES string of the molecule is CC(C)(O)C(C)(C)O[B]c1ccc2c(c1)oc1cccc(-c3cccc4sc5c6ccccc6ccc5c34)c12. The van der Waals surface area contributed by atoms with Crippen LogP contribution in [0.15, 0.2) is 95.4 Å². The Kier molecular flexibility index (Phi) is 5.44. The average Bonchev–Trinajstić information content (AvgIpc) is 3.49. The summed E-state index contributed by atoms with van der Waals surface area (Å²) in [5.74, 6) is 0. The van der Waals surface area contributed by atoms with Crippen LogP contribution in [0.2, 0.25) is 0 Å². The summed E-state index contributed by atoms with van der Waals surface area (Å²) in [6.45, 7) is 7.27. The van der Waals surface area contributed by atoms with Crippen LogP contribution >= 0.6 is 11.3 Å². The summed E-state index contributed by atoms with van der Waals surface area (Å²) in [4.78, 5) is 0. The van der Waals surface area contributed by atoms with Crippen LogP contribution in [0.3, 0.4) is 0 Å². The van der Waals surface area contributed by atoms with E-state index in [-0.39, 0.29) is 0 Å². The molecular formula is C34H28BO3S. The maximum Gasteiger partial charge on any atom is 0.331 e. The van der Waals surface area contributed by atoms with Crippen molar-refractivity contribution in [3.8, 4) is 11.1 Å². The molecule has 0 atom stereocenters. The average molecular weight is 527 g/mol. The quantitative estimate of drug-likeness (QED) is 0.228. The van der Waals surface area contributed by atoms with Gasteiger partial charge < -0.3 is 14.2 Å². The molecule has 191 valence electrons. The van der Waals surface area contributed by atoms with Gasteiger partial charge in [-0.05, 0) is 73.3 Å². The lowest BCUT2D eigenvalue weighted by atomic mass is 9.82. The highest BCUT2D eigenvalue weighted by Crippen LogP contribution is 2.45. The molecule has 1 radical (unpaired) electrons. The molecule has 2 heterocycles. The van der Waals surface area contributed by atoms with Gasteiger partial charge in [0.1, 0.15) is 11.2 Å². The second kappa shape index (κ2) is 8.69. The monoisotopic (exact) mass is 527 g/mol. The summed E-state index contributed by atoms with van der Waals surface area (Å²) in [7, 11) is 1.70. The molecule has 0 amide bonds. The predicted octanol–water partition coefficient (Wildman–Crippen LogP) is 8.58. The smallest absolute Gasteiger partial charge is 0.331 e. The molecule has 0 saturated heterocycles. The lowest BCUT2D eigenvalue weighted by Crippen LogP contribution is -2.49. The molecule has 0 aliphatic heterocycles. The van der Waals surface area contributed by atoms with E-state index in [2.05, 4.69) is 72.8 Å². The molecule has 1 N–H and O–H groups in total. The first-order chi connectivity index (χ1) is 18.7. The van der Waals surface area contributed by atoms with Crippen LogP contribution in [0.1, 0.15) is 27.7 Å². The van der Waals surface area contributed by atoms with Crippen molar-refractivity contribution in [2.24, 2.45) is 0 Å². The Balaban J connectivity index is 1.39. The van der Waals surface area contributed by atoms with Crippen LogP contribution < -0.4 is 5.46 Å². The highest BCUT2D eigenvalue weighted by molar-refractivity contribution is 7.26. The largest absolute Gasteiger partial charge is 0.456 e. The van der Waals surface area contributed by atoms with Gasteiger partial charge in [0.25, 0.3) is 0 Å². The molecule has 3 nitrogen and oxygen atoms in total. The first-order valence-electron chi connectivity index (χ1n) is 13.2. The van der Waals surface area contributed by atoms with E-state index >= 15 is 0 Å². The lowest BCUT2D eigenvalue weighted by molar-refractivity contribution is -0.0893. The summed E-state index contributed by atoms with van der Waals surface area (Å²) < 4.78 is 15.0. The van der Waals surface area contributed by atoms with Gasteiger partial charge in [0.15, 0.2) is 0 Å². The zero-order valence-electron chi connectivity index (χ0n) is 22.4. The molecule has 5 heteroatoms. The number of rotatable bonds is 5. The summed E-state index contributed by atoms with van der Waals surface area (Å²) in [6.07, 6.45) is 0. The molecule has 39 heavy (non-hydrogen) atoms. The third-order valence-electron chi connectivity index (χ3n) is 8.16. The molecule has 0 aliphatic rings. The number of hydrogen-bond acceptors (Lipinski definition) is 4. The van der Waals surface area contributed by atoms with Crippen molar-refractivity contribution < 1.29 is 14.2 Å². The van der Waals surface area contributed by atoms with Crippen molar-refractivity contribution in [2.75, 3.05) is 0 Å². The van der Waals surface area contributed by atoms with Crippen LogP contribution in [-0.2, 0) is 4.65 Å². The summed E-state index contributed by atoms with van der Waals surface area (Å²) in [5, 5.41) is 17.8. The third kappa shape index (κ3) is 3.88. The molecule has 0 aliphatic carbocycles. The molecule has 0 fully saturated rings. The Morgan fingerprint density at radius 3 is 2.28 bits per heavy atom. The van der Waals surface area contributed by atoms with E-state index in [1.54, 1.807) is 21.3 Å². The summed E-state index contributed by atoms with van der Waals surface area (Å²) in [5.41, 5.74) is 3.22. The van der Waals surface area contributed by atoms with Gasteiger partial charge in [0.2, 0.25) is 0 Å². The van der Waals surface area contributed by atoms with Gasteiger partial charge in [0, 0.05) is 30.9 Å². The first-order valence-corrected chi connectivity index (χ1v) is 14.0. The van der Waals surface area contributed by atoms with Crippen molar-refractivity contribution in [2.45, 2.75) is 38.9 Å². The van der Waals surface area contributed by atoms with E-state index in [0.29, 0.717) is 0 Å². The fourth-order valence-corrected chi connectivity index (χ4v) is 6.54. The van der Waals surface area contributed by atoms with E-state index < -0.39 is 11.2 Å². The lowest BCUT2D eigenvalue weighted by Gasteiger charge is -2.37. The molecule has 7 rings (SSSR count). The number of aliphatic hydroxyl groups is 1. The van der Waals surface area contributed by atoms with Gasteiger partial charge in [0.05, 0.1) is 11.2 Å². The number of thiophene rings is 1. The van der Waals surface area contributed by atoms with Crippen LogP contribution in [0, 0.1) is 0 Å². The Morgan fingerprint density at radius 2 is 1.46 bits per heavy atom. The maximum atomic E-state index is 10.4. The van der Waals surface area contributed by atoms with E-state index in [4.69, 9.17) is 9.07 Å². The van der Waals surface area contributed by atoms with Crippen molar-refractivity contribution in [3.05, 3.63) is 91.0 Å². The van der Waals surface area contributed by atoms with Crippen molar-refractivity contribution >= 4 is 77.2 Å². The van der Waals surface area contributed by atoms with E-state index in [1.165, 1.54) is 42.1 Å². The highest BCUT2D eigenvalue weighted by Gasteiger charge is 2.35. The minimum Gasteiger partial charge on any atom is -0.456 e. The van der Waals surface area contributed by atoms with Gasteiger partial charge in [-0.3, -0.25) is 0 Å². The minimum atomic E-state index is -0.985. The van der Waals surface area contributed by atoms with E-state index in [0.717, 1.165) is 27.4 Å². The molecule has 7 aromatic rings. The maximum absolute atomic E-state index is 10.4. The fourth-order valence-electron chi connectivity index (χ4n) is 5.28. The Hall–Kier alpha value is -3.64. The molecular weight excluding hydrogens is 499 g/mol. The first kappa shape index (κ1) is 24.4. The predicted molar refractivity (Wildman–Crippen MR) is 166 cm³/mol. The number of fused-ring (bicyclic) bond motifs is 8. The van der Waals surface area contributed by atoms with Crippen molar-refractivity contribution in [3.63, 3.8) is 0 Å². The van der Waals surface area contributed by atoms with Crippen LogP contribution in [-0.4, -0.2) is 23.8 Å². The zero-order chi connectivity index (χ0) is 26.9. The van der Waals surface area contributed by atoms with Crippen LogP contribution in [0.25, 0.3) is 64.0 Å². The standard InChI is InChI=1S/C34H28BO3S/c1-33(2,36)34(3,4)38-35-21-16-18-25-28(19-21)37-27-13-7-11-23(30(25)27)24-12-8-14-29-31(24)26-17-15-20-9-5-6-10-22(20)32(26)39-29/h5-19,36H,1-4H3. The highest BCUT2D eigenvalue weighted by atomic mass is 32.1. The van der Waals surface area contributed by atoms with Crippen LogP contribution in [0.5, 0.6) is 0 Å². The molecule has 0 bridgehead atoms. The molecule has 0 saturated carbocycles. The Labute approximate surface area is 231 Å². The van der Waals surface area contributed by atoms with Crippen molar-refractivity contribution in [1.29, 1.82) is 0 Å². The van der Waals surface area contributed by atoms with Gasteiger partial charge in [-0.1, -0.05) is 72.8 Å². The molecule has 5 aromatic carbocycles. The van der Waals surface area contributed by atoms with Gasteiger partial charge >= 0.3 is 7.48 Å². The van der Waals surface area contributed by atoms with E-state index in [9.17, 15) is 5.11 Å². The number of furan rings is 1. The van der Waals surface area contributed by atoms with Gasteiger partial charge in [-0.15, -0.1) is 11.3 Å². The van der Waals surface area contributed by atoms with Gasteiger partial charge in [-0.2, -0.15) is 0 Å². The Bertz CT molecular complexity index is 2040. The minimum absolute atomic E-state index is 0.740. The van der Waals surface area contributed by atoms with Gasteiger partial charge in [-0.25, -0.2) is 0 Å². The fraction of sp³-hybridized carbons (Fsp3) is 0.176. The third-order valence-corrected chi connectivity index (χ3v) is 9.37. The second-order valence-electron chi connectivity index (χ2n) is 11.3. The van der Waals surface area contributed by atoms with E-state index in [1.807, 2.05) is 43.4 Å². The summed E-state index contributed by atoms with van der Waals surface area (Å²) >= 11 is 1.86. The normalized spacial score (nSPS) is 12.8.